The molecule has 0 aromatic heterocycles. The average molecular weight is 196 g/mol. The van der Waals surface area contributed by atoms with Gasteiger partial charge in [-0.1, -0.05) is 6.07 Å². The Bertz CT molecular complexity index is 487. The second-order valence-corrected chi connectivity index (χ2v) is 3.25. The van der Waals surface area contributed by atoms with E-state index in [1.54, 1.807) is 6.08 Å². The Kier molecular flexibility index (Phi) is 2.39. The first-order valence-electron chi connectivity index (χ1n) is 4.61. The van der Waals surface area contributed by atoms with Crippen LogP contribution in [0.1, 0.15) is 11.1 Å². The zero-order valence-electron chi connectivity index (χ0n) is 8.03. The SMILES string of the molecule is N#CC(C#N)=Cc1ccc2c(c1)CCO2. The summed E-state index contributed by atoms with van der Waals surface area (Å²) < 4.78 is 5.36. The third kappa shape index (κ3) is 1.82. The van der Waals surface area contributed by atoms with E-state index < -0.39 is 0 Å². The molecule has 0 atom stereocenters. The highest BCUT2D eigenvalue weighted by atomic mass is 16.5. The Labute approximate surface area is 87.8 Å². The molecule has 1 aliphatic rings. The van der Waals surface area contributed by atoms with Crippen LogP contribution >= 0.6 is 0 Å². The third-order valence-electron chi connectivity index (χ3n) is 2.27. The van der Waals surface area contributed by atoms with E-state index in [0.29, 0.717) is 6.61 Å². The number of hydrogen-bond donors (Lipinski definition) is 0. The number of ether oxygens (including phenoxy) is 1. The number of nitrogens with zero attached hydrogens (tertiary/aromatic N) is 2. The van der Waals surface area contributed by atoms with Crippen LogP contribution in [0.3, 0.4) is 0 Å². The second-order valence-electron chi connectivity index (χ2n) is 3.25. The maximum absolute atomic E-state index is 8.62. The van der Waals surface area contributed by atoms with Crippen molar-refractivity contribution in [3.05, 3.63) is 34.9 Å². The summed E-state index contributed by atoms with van der Waals surface area (Å²) in [5.74, 6) is 0.905. The summed E-state index contributed by atoms with van der Waals surface area (Å²) in [6.07, 6.45) is 2.48. The normalized spacial score (nSPS) is 11.9. The van der Waals surface area contributed by atoms with Crippen molar-refractivity contribution < 1.29 is 4.74 Å². The summed E-state index contributed by atoms with van der Waals surface area (Å²) in [5, 5.41) is 17.2. The van der Waals surface area contributed by atoms with Crippen LogP contribution < -0.4 is 4.74 Å². The van der Waals surface area contributed by atoms with Gasteiger partial charge in [-0.05, 0) is 29.3 Å². The smallest absolute Gasteiger partial charge is 0.130 e. The fraction of sp³-hybridized carbons (Fsp3) is 0.167. The molecular weight excluding hydrogens is 188 g/mol. The monoisotopic (exact) mass is 196 g/mol. The molecule has 3 nitrogen and oxygen atoms in total. The van der Waals surface area contributed by atoms with E-state index in [1.807, 2.05) is 30.3 Å². The molecule has 0 spiro atoms. The lowest BCUT2D eigenvalue weighted by Crippen LogP contribution is -1.85. The summed E-state index contributed by atoms with van der Waals surface area (Å²) in [6, 6.07) is 9.35. The van der Waals surface area contributed by atoms with Crippen molar-refractivity contribution in [1.29, 1.82) is 10.5 Å². The van der Waals surface area contributed by atoms with E-state index in [-0.39, 0.29) is 5.57 Å². The number of fused-ring (bicyclic) bond motifs is 1. The molecule has 0 fully saturated rings. The molecule has 0 N–H and O–H groups in total. The standard InChI is InChI=1S/C12H8N2O/c13-7-10(8-14)5-9-1-2-12-11(6-9)3-4-15-12/h1-2,5-6H,3-4H2. The van der Waals surface area contributed by atoms with E-state index in [9.17, 15) is 0 Å². The lowest BCUT2D eigenvalue weighted by Gasteiger charge is -1.99. The van der Waals surface area contributed by atoms with Gasteiger partial charge in [-0.2, -0.15) is 10.5 Å². The predicted molar refractivity (Wildman–Crippen MR) is 54.8 cm³/mol. The van der Waals surface area contributed by atoms with Crippen LogP contribution in [0.5, 0.6) is 5.75 Å². The van der Waals surface area contributed by atoms with Gasteiger partial charge in [0.2, 0.25) is 0 Å². The first-order chi connectivity index (χ1) is 7.33. The molecule has 3 heteroatoms. The molecule has 72 valence electrons. The van der Waals surface area contributed by atoms with E-state index in [2.05, 4.69) is 0 Å². The predicted octanol–water partition coefficient (Wildman–Crippen LogP) is 2.05. The molecule has 0 saturated carbocycles. The van der Waals surface area contributed by atoms with Crippen LogP contribution in [-0.4, -0.2) is 6.61 Å². The van der Waals surface area contributed by atoms with Crippen molar-refractivity contribution in [1.82, 2.24) is 0 Å². The molecule has 1 aromatic rings. The zero-order chi connectivity index (χ0) is 10.7. The Balaban J connectivity index is 2.37. The maximum atomic E-state index is 8.62. The Morgan fingerprint density at radius 2 is 2.13 bits per heavy atom. The lowest BCUT2D eigenvalue weighted by atomic mass is 10.1. The summed E-state index contributed by atoms with van der Waals surface area (Å²) in [4.78, 5) is 0. The average Bonchev–Trinajstić information content (AvgIpc) is 2.73. The van der Waals surface area contributed by atoms with Gasteiger partial charge in [0.15, 0.2) is 0 Å². The quantitative estimate of drug-likeness (QED) is 0.646. The summed E-state index contributed by atoms with van der Waals surface area (Å²) in [6.45, 7) is 0.714. The largest absolute Gasteiger partial charge is 0.493 e. The fourth-order valence-electron chi connectivity index (χ4n) is 1.55. The molecule has 1 heterocycles. The Hall–Kier alpha value is -2.26. The molecule has 0 aliphatic carbocycles. The van der Waals surface area contributed by atoms with Crippen LogP contribution in [0.2, 0.25) is 0 Å². The minimum atomic E-state index is 0.119. The van der Waals surface area contributed by atoms with Crippen LogP contribution in [0.25, 0.3) is 6.08 Å². The van der Waals surface area contributed by atoms with E-state index >= 15 is 0 Å². The van der Waals surface area contributed by atoms with Gasteiger partial charge in [-0.25, -0.2) is 0 Å². The number of allylic oxidation sites excluding steroid dienone is 1. The number of nitriles is 2. The molecule has 1 aliphatic heterocycles. The first-order valence-corrected chi connectivity index (χ1v) is 4.61. The van der Waals surface area contributed by atoms with Crippen molar-refractivity contribution in [2.45, 2.75) is 6.42 Å². The van der Waals surface area contributed by atoms with Crippen molar-refractivity contribution in [3.8, 4) is 17.9 Å². The van der Waals surface area contributed by atoms with Crippen LogP contribution in [0, 0.1) is 22.7 Å². The molecule has 0 radical (unpaired) electrons. The van der Waals surface area contributed by atoms with Crippen LogP contribution in [-0.2, 0) is 6.42 Å². The zero-order valence-corrected chi connectivity index (χ0v) is 8.03. The van der Waals surface area contributed by atoms with Gasteiger partial charge < -0.3 is 4.74 Å². The highest BCUT2D eigenvalue weighted by Gasteiger charge is 2.11. The van der Waals surface area contributed by atoms with Crippen LogP contribution in [0.15, 0.2) is 23.8 Å². The van der Waals surface area contributed by atoms with Gasteiger partial charge in [-0.15, -0.1) is 0 Å². The summed E-state index contributed by atoms with van der Waals surface area (Å²) in [5.41, 5.74) is 2.13. The van der Waals surface area contributed by atoms with Crippen molar-refractivity contribution in [3.63, 3.8) is 0 Å². The van der Waals surface area contributed by atoms with Crippen molar-refractivity contribution in [2.24, 2.45) is 0 Å². The molecule has 0 unspecified atom stereocenters. The maximum Gasteiger partial charge on any atom is 0.130 e. The molecule has 2 rings (SSSR count). The van der Waals surface area contributed by atoms with Gasteiger partial charge in [0, 0.05) is 6.42 Å². The third-order valence-corrected chi connectivity index (χ3v) is 2.27. The number of rotatable bonds is 1. The van der Waals surface area contributed by atoms with E-state index in [0.717, 1.165) is 23.3 Å². The molecular formula is C12H8N2O. The summed E-state index contributed by atoms with van der Waals surface area (Å²) in [7, 11) is 0. The first kappa shape index (κ1) is 9.30. The molecule has 0 saturated heterocycles. The minimum Gasteiger partial charge on any atom is -0.493 e. The van der Waals surface area contributed by atoms with Gasteiger partial charge >= 0.3 is 0 Å². The van der Waals surface area contributed by atoms with Crippen molar-refractivity contribution in [2.75, 3.05) is 6.61 Å². The lowest BCUT2D eigenvalue weighted by molar-refractivity contribution is 0.357. The van der Waals surface area contributed by atoms with Crippen molar-refractivity contribution >= 4 is 6.08 Å². The van der Waals surface area contributed by atoms with Gasteiger partial charge in [0.25, 0.3) is 0 Å². The highest BCUT2D eigenvalue weighted by molar-refractivity contribution is 5.63. The second kappa shape index (κ2) is 3.86. The van der Waals surface area contributed by atoms with E-state index in [1.165, 1.54) is 0 Å². The molecule has 15 heavy (non-hydrogen) atoms. The Morgan fingerprint density at radius 3 is 2.87 bits per heavy atom. The van der Waals surface area contributed by atoms with Gasteiger partial charge in [-0.3, -0.25) is 0 Å². The fourth-order valence-corrected chi connectivity index (χ4v) is 1.55. The summed E-state index contributed by atoms with van der Waals surface area (Å²) >= 11 is 0. The molecule has 0 bridgehead atoms. The van der Waals surface area contributed by atoms with Gasteiger partial charge in [0.1, 0.15) is 23.5 Å². The highest BCUT2D eigenvalue weighted by Crippen LogP contribution is 2.26. The topological polar surface area (TPSA) is 56.8 Å². The molecule has 1 aromatic carbocycles. The minimum absolute atomic E-state index is 0.119. The number of benzene rings is 1. The Morgan fingerprint density at radius 1 is 1.33 bits per heavy atom. The van der Waals surface area contributed by atoms with E-state index in [4.69, 9.17) is 15.3 Å². The van der Waals surface area contributed by atoms with Gasteiger partial charge in [0.05, 0.1) is 6.61 Å². The van der Waals surface area contributed by atoms with Crippen LogP contribution in [0.4, 0.5) is 0 Å². The number of hydrogen-bond acceptors (Lipinski definition) is 3. The molecule has 0 amide bonds.